The molecule has 3 heterocycles. The Morgan fingerprint density at radius 1 is 1.07 bits per heavy atom. The van der Waals surface area contributed by atoms with Gasteiger partial charge in [-0.25, -0.2) is 4.68 Å². The van der Waals surface area contributed by atoms with Gasteiger partial charge in [-0.05, 0) is 55.3 Å². The zero-order valence-corrected chi connectivity index (χ0v) is 15.9. The maximum absolute atomic E-state index is 12.7. The fourth-order valence-electron chi connectivity index (χ4n) is 3.40. The van der Waals surface area contributed by atoms with Gasteiger partial charge >= 0.3 is 6.18 Å². The Hall–Kier alpha value is -3.43. The number of nitrogens with zero attached hydrogens (tertiary/aromatic N) is 5. The highest BCUT2D eigenvalue weighted by molar-refractivity contribution is 5.93. The highest BCUT2D eigenvalue weighted by atomic mass is 19.4. The van der Waals surface area contributed by atoms with Crippen LogP contribution in [0.25, 0.3) is 5.82 Å². The smallest absolute Gasteiger partial charge is 0.354 e. The van der Waals surface area contributed by atoms with Crippen LogP contribution in [-0.2, 0) is 11.0 Å². The van der Waals surface area contributed by atoms with Crippen LogP contribution in [0.5, 0.6) is 0 Å². The number of benzene rings is 1. The minimum atomic E-state index is -4.40. The summed E-state index contributed by atoms with van der Waals surface area (Å²) < 4.78 is 39.6. The number of amides is 1. The van der Waals surface area contributed by atoms with Gasteiger partial charge in [0.2, 0.25) is 5.91 Å². The Balaban J connectivity index is 1.39. The van der Waals surface area contributed by atoms with Gasteiger partial charge in [-0.3, -0.25) is 4.79 Å². The van der Waals surface area contributed by atoms with Crippen LogP contribution in [0.2, 0.25) is 0 Å². The fraction of sp³-hybridized carbons (Fsp3) is 0.300. The normalized spacial score (nSPS) is 17.0. The van der Waals surface area contributed by atoms with Gasteiger partial charge in [0.05, 0.1) is 11.5 Å². The highest BCUT2D eigenvalue weighted by Gasteiger charge is 2.30. The lowest BCUT2D eigenvalue weighted by molar-refractivity contribution is -0.137. The minimum Gasteiger partial charge on any atom is -0.354 e. The molecule has 1 aliphatic heterocycles. The minimum absolute atomic E-state index is 0.222. The Kier molecular flexibility index (Phi) is 5.39. The lowest BCUT2D eigenvalue weighted by atomic mass is 9.97. The van der Waals surface area contributed by atoms with E-state index >= 15 is 0 Å². The molecule has 0 aliphatic carbocycles. The largest absolute Gasteiger partial charge is 0.416 e. The van der Waals surface area contributed by atoms with Gasteiger partial charge < -0.3 is 10.2 Å². The van der Waals surface area contributed by atoms with Crippen LogP contribution in [-0.4, -0.2) is 39.0 Å². The Labute approximate surface area is 170 Å². The van der Waals surface area contributed by atoms with E-state index in [9.17, 15) is 18.0 Å². The van der Waals surface area contributed by atoms with Crippen LogP contribution in [0.4, 0.5) is 24.7 Å². The number of piperidine rings is 1. The zero-order valence-electron chi connectivity index (χ0n) is 15.9. The topological polar surface area (TPSA) is 75.9 Å². The molecule has 1 unspecified atom stereocenters. The first-order valence-electron chi connectivity index (χ1n) is 9.47. The predicted octanol–water partition coefficient (Wildman–Crippen LogP) is 3.54. The number of hydrogen-bond donors (Lipinski definition) is 1. The van der Waals surface area contributed by atoms with E-state index in [1.54, 1.807) is 29.2 Å². The summed E-state index contributed by atoms with van der Waals surface area (Å²) in [5.41, 5.74) is -0.407. The summed E-state index contributed by atoms with van der Waals surface area (Å²) >= 11 is 0. The molecule has 2 aromatic heterocycles. The van der Waals surface area contributed by atoms with Crippen molar-refractivity contribution in [1.29, 1.82) is 0 Å². The SMILES string of the molecule is O=C(Nc1ccc(C(F)(F)F)cc1)C1CCCN(c2ccc(-n3cccn3)nn2)C1. The second-order valence-electron chi connectivity index (χ2n) is 7.05. The molecule has 10 heteroatoms. The third-order valence-electron chi connectivity index (χ3n) is 4.97. The molecule has 0 spiro atoms. The van der Waals surface area contributed by atoms with Crippen molar-refractivity contribution in [2.75, 3.05) is 23.3 Å². The van der Waals surface area contributed by atoms with E-state index in [1.807, 2.05) is 11.0 Å². The van der Waals surface area contributed by atoms with Crippen molar-refractivity contribution in [3.63, 3.8) is 0 Å². The molecule has 4 rings (SSSR count). The lowest BCUT2D eigenvalue weighted by Crippen LogP contribution is -2.41. The van der Waals surface area contributed by atoms with Crippen molar-refractivity contribution in [3.8, 4) is 5.82 Å². The van der Waals surface area contributed by atoms with Crippen LogP contribution in [0, 0.1) is 5.92 Å². The first-order chi connectivity index (χ1) is 14.4. The number of rotatable bonds is 4. The summed E-state index contributed by atoms with van der Waals surface area (Å²) in [7, 11) is 0. The number of halogens is 3. The van der Waals surface area contributed by atoms with E-state index in [0.29, 0.717) is 30.3 Å². The van der Waals surface area contributed by atoms with Gasteiger partial charge in [0, 0.05) is 31.2 Å². The molecule has 1 N–H and O–H groups in total. The standard InChI is InChI=1S/C20H19F3N6O/c21-20(22,23)15-4-6-16(7-5-15)25-19(30)14-3-1-11-28(13-14)17-8-9-18(27-26-17)29-12-2-10-24-29/h2,4-10,12,14H,1,3,11,13H2,(H,25,30). The van der Waals surface area contributed by atoms with E-state index in [2.05, 4.69) is 20.6 Å². The van der Waals surface area contributed by atoms with Crippen molar-refractivity contribution in [1.82, 2.24) is 20.0 Å². The van der Waals surface area contributed by atoms with Crippen LogP contribution in [0.3, 0.4) is 0 Å². The summed E-state index contributed by atoms with van der Waals surface area (Å²) in [5, 5.41) is 15.2. The van der Waals surface area contributed by atoms with Crippen molar-refractivity contribution in [2.45, 2.75) is 19.0 Å². The molecule has 1 aliphatic rings. The molecule has 0 bridgehead atoms. The Bertz CT molecular complexity index is 987. The molecule has 1 aromatic carbocycles. The van der Waals surface area contributed by atoms with E-state index in [0.717, 1.165) is 25.1 Å². The third kappa shape index (κ3) is 4.42. The summed E-state index contributed by atoms with van der Waals surface area (Å²) in [6, 6.07) is 9.88. The van der Waals surface area contributed by atoms with Crippen LogP contribution in [0.15, 0.2) is 54.9 Å². The molecule has 1 fully saturated rings. The molecular weight excluding hydrogens is 397 g/mol. The molecule has 1 saturated heterocycles. The number of carbonyl (C=O) groups is 1. The number of anilines is 2. The number of hydrogen-bond acceptors (Lipinski definition) is 5. The summed E-state index contributed by atoms with van der Waals surface area (Å²) in [6.07, 6.45) is 0.516. The first kappa shape index (κ1) is 19.9. The second-order valence-corrected chi connectivity index (χ2v) is 7.05. The number of carbonyl (C=O) groups excluding carboxylic acids is 1. The average molecular weight is 416 g/mol. The lowest BCUT2D eigenvalue weighted by Gasteiger charge is -2.32. The molecule has 1 atom stereocenters. The number of aromatic nitrogens is 4. The van der Waals surface area contributed by atoms with Crippen LogP contribution >= 0.6 is 0 Å². The zero-order chi connectivity index (χ0) is 21.1. The van der Waals surface area contributed by atoms with E-state index in [4.69, 9.17) is 0 Å². The van der Waals surface area contributed by atoms with Gasteiger partial charge in [-0.2, -0.15) is 18.3 Å². The van der Waals surface area contributed by atoms with Gasteiger partial charge in [0.25, 0.3) is 0 Å². The Morgan fingerprint density at radius 2 is 1.80 bits per heavy atom. The van der Waals surface area contributed by atoms with Gasteiger partial charge in [0.1, 0.15) is 0 Å². The maximum atomic E-state index is 12.7. The average Bonchev–Trinajstić information content (AvgIpc) is 3.29. The summed E-state index contributed by atoms with van der Waals surface area (Å²) in [6.45, 7) is 1.21. The van der Waals surface area contributed by atoms with Gasteiger partial charge in [0.15, 0.2) is 11.6 Å². The van der Waals surface area contributed by atoms with Crippen molar-refractivity contribution >= 4 is 17.4 Å². The van der Waals surface area contributed by atoms with Gasteiger partial charge in [-0.15, -0.1) is 10.2 Å². The molecular formula is C20H19F3N6O. The first-order valence-corrected chi connectivity index (χ1v) is 9.47. The Morgan fingerprint density at radius 3 is 2.43 bits per heavy atom. The molecule has 156 valence electrons. The molecule has 30 heavy (non-hydrogen) atoms. The molecule has 7 nitrogen and oxygen atoms in total. The predicted molar refractivity (Wildman–Crippen MR) is 104 cm³/mol. The van der Waals surface area contributed by atoms with E-state index < -0.39 is 11.7 Å². The second kappa shape index (κ2) is 8.13. The fourth-order valence-corrected chi connectivity index (χ4v) is 3.40. The third-order valence-corrected chi connectivity index (χ3v) is 4.97. The highest BCUT2D eigenvalue weighted by Crippen LogP contribution is 2.30. The monoisotopic (exact) mass is 416 g/mol. The maximum Gasteiger partial charge on any atom is 0.416 e. The van der Waals surface area contributed by atoms with E-state index in [-0.39, 0.29) is 11.8 Å². The van der Waals surface area contributed by atoms with Crippen molar-refractivity contribution in [2.24, 2.45) is 5.92 Å². The van der Waals surface area contributed by atoms with Crippen LogP contribution in [0.1, 0.15) is 18.4 Å². The molecule has 1 amide bonds. The van der Waals surface area contributed by atoms with Crippen molar-refractivity contribution in [3.05, 3.63) is 60.4 Å². The molecule has 3 aromatic rings. The van der Waals surface area contributed by atoms with Crippen molar-refractivity contribution < 1.29 is 18.0 Å². The number of alkyl halides is 3. The quantitative estimate of drug-likeness (QED) is 0.704. The molecule has 0 radical (unpaired) electrons. The number of nitrogens with one attached hydrogen (secondary N) is 1. The van der Waals surface area contributed by atoms with Crippen LogP contribution < -0.4 is 10.2 Å². The van der Waals surface area contributed by atoms with E-state index in [1.165, 1.54) is 12.1 Å². The van der Waals surface area contributed by atoms with Gasteiger partial charge in [-0.1, -0.05) is 0 Å². The molecule has 0 saturated carbocycles. The summed E-state index contributed by atoms with van der Waals surface area (Å²) in [4.78, 5) is 14.6. The summed E-state index contributed by atoms with van der Waals surface area (Å²) in [5.74, 6) is 0.740.